The van der Waals surface area contributed by atoms with Gasteiger partial charge in [-0.15, -0.1) is 24.0 Å². The number of pyridine rings is 2. The lowest BCUT2D eigenvalue weighted by Gasteiger charge is -2.33. The van der Waals surface area contributed by atoms with Gasteiger partial charge >= 0.3 is 0 Å². The van der Waals surface area contributed by atoms with Crippen LogP contribution >= 0.6 is 24.0 Å². The summed E-state index contributed by atoms with van der Waals surface area (Å²) in [4.78, 5) is 16.0. The topological polar surface area (TPSA) is 74.7 Å². The van der Waals surface area contributed by atoms with E-state index in [0.29, 0.717) is 24.4 Å². The number of halogens is 1. The van der Waals surface area contributed by atoms with E-state index < -0.39 is 0 Å². The van der Waals surface area contributed by atoms with Crippen LogP contribution in [0.15, 0.2) is 47.7 Å². The van der Waals surface area contributed by atoms with Crippen molar-refractivity contribution >= 4 is 35.8 Å². The minimum Gasteiger partial charge on any atom is -0.475 e. The molecular formula is C25H39IN6O. The predicted molar refractivity (Wildman–Crippen MR) is 147 cm³/mol. The highest BCUT2D eigenvalue weighted by atomic mass is 127. The molecule has 1 unspecified atom stereocenters. The van der Waals surface area contributed by atoms with Crippen molar-refractivity contribution < 1.29 is 4.74 Å². The maximum Gasteiger partial charge on any atom is 0.213 e. The molecule has 0 amide bonds. The first-order valence-electron chi connectivity index (χ1n) is 11.9. The zero-order chi connectivity index (χ0) is 22.8. The molecule has 1 atom stereocenters. The van der Waals surface area contributed by atoms with Crippen LogP contribution in [0.2, 0.25) is 0 Å². The molecule has 0 radical (unpaired) electrons. The first-order chi connectivity index (χ1) is 15.5. The first-order valence-corrected chi connectivity index (χ1v) is 11.9. The Morgan fingerprint density at radius 3 is 2.61 bits per heavy atom. The van der Waals surface area contributed by atoms with Gasteiger partial charge in [-0.2, -0.15) is 0 Å². The van der Waals surface area contributed by atoms with E-state index in [1.165, 1.54) is 0 Å². The second-order valence-corrected chi connectivity index (χ2v) is 8.85. The van der Waals surface area contributed by atoms with Crippen LogP contribution in [0.4, 0.5) is 5.82 Å². The van der Waals surface area contributed by atoms with Crippen LogP contribution in [0, 0.1) is 5.92 Å². The lowest BCUT2D eigenvalue weighted by Crippen LogP contribution is -2.48. The van der Waals surface area contributed by atoms with Crippen LogP contribution in [-0.2, 0) is 6.54 Å². The van der Waals surface area contributed by atoms with Gasteiger partial charge in [0.2, 0.25) is 5.88 Å². The molecule has 33 heavy (non-hydrogen) atoms. The van der Waals surface area contributed by atoms with Crippen molar-refractivity contribution in [1.82, 2.24) is 20.6 Å². The van der Waals surface area contributed by atoms with E-state index in [4.69, 9.17) is 9.73 Å². The third-order valence-electron chi connectivity index (χ3n) is 5.50. The number of anilines is 1. The Bertz CT molecular complexity index is 840. The Balaban J connectivity index is 0.00000385. The van der Waals surface area contributed by atoms with Crippen molar-refractivity contribution in [2.45, 2.75) is 65.6 Å². The number of hydrogen-bond acceptors (Lipinski definition) is 5. The number of nitrogens with zero attached hydrogens (tertiary/aromatic N) is 4. The van der Waals surface area contributed by atoms with Crippen LogP contribution in [0.3, 0.4) is 0 Å². The molecule has 8 heteroatoms. The van der Waals surface area contributed by atoms with Crippen LogP contribution in [0.1, 0.15) is 52.5 Å². The smallest absolute Gasteiger partial charge is 0.213 e. The highest BCUT2D eigenvalue weighted by Gasteiger charge is 2.20. The van der Waals surface area contributed by atoms with E-state index in [1.54, 1.807) is 6.20 Å². The zero-order valence-electron chi connectivity index (χ0n) is 20.3. The van der Waals surface area contributed by atoms with Gasteiger partial charge < -0.3 is 20.3 Å². The summed E-state index contributed by atoms with van der Waals surface area (Å²) in [6, 6.07) is 10.5. The third kappa shape index (κ3) is 9.35. The Kier molecular flexibility index (Phi) is 11.7. The molecule has 0 aliphatic carbocycles. The number of rotatable bonds is 9. The Labute approximate surface area is 215 Å². The van der Waals surface area contributed by atoms with Gasteiger partial charge in [-0.3, -0.25) is 0 Å². The summed E-state index contributed by atoms with van der Waals surface area (Å²) in [5.74, 6) is 3.19. The maximum atomic E-state index is 5.99. The molecule has 182 valence electrons. The van der Waals surface area contributed by atoms with Crippen LogP contribution in [0.5, 0.6) is 5.88 Å². The van der Waals surface area contributed by atoms with Gasteiger partial charge in [0.05, 0.1) is 12.6 Å². The van der Waals surface area contributed by atoms with Crippen LogP contribution in [-0.4, -0.2) is 47.7 Å². The molecule has 0 bridgehead atoms. The highest BCUT2D eigenvalue weighted by Crippen LogP contribution is 2.18. The summed E-state index contributed by atoms with van der Waals surface area (Å²) in [7, 11) is 0. The van der Waals surface area contributed by atoms with Crippen LogP contribution < -0.4 is 20.3 Å². The van der Waals surface area contributed by atoms with Crippen LogP contribution in [0.25, 0.3) is 0 Å². The van der Waals surface area contributed by atoms with Crippen molar-refractivity contribution in [2.24, 2.45) is 10.9 Å². The summed E-state index contributed by atoms with van der Waals surface area (Å²) in [5.41, 5.74) is 1.09. The number of aliphatic imine (C=N–C) groups is 1. The number of ether oxygens (including phenoxy) is 1. The van der Waals surface area contributed by atoms with Gasteiger partial charge in [0.25, 0.3) is 0 Å². The molecule has 2 aromatic heterocycles. The van der Waals surface area contributed by atoms with Gasteiger partial charge in [-0.05, 0) is 62.8 Å². The summed E-state index contributed by atoms with van der Waals surface area (Å²) >= 11 is 0. The summed E-state index contributed by atoms with van der Waals surface area (Å²) < 4.78 is 5.99. The van der Waals surface area contributed by atoms with E-state index in [2.05, 4.69) is 59.3 Å². The molecule has 1 fully saturated rings. The normalized spacial score (nSPS) is 15.7. The minimum absolute atomic E-state index is 0. The van der Waals surface area contributed by atoms with Gasteiger partial charge in [0, 0.05) is 44.1 Å². The maximum absolute atomic E-state index is 5.99. The third-order valence-corrected chi connectivity index (χ3v) is 5.50. The standard InChI is InChI=1S/C25H38N6O.HI/c1-5-26-25(30-22-10-14-31(15-11-22)23-8-6-7-12-27-23)29-18-21-9-13-28-24(17-21)32-20(4)16-19(2)3;/h6-9,12-13,17,19-20,22H,5,10-11,14-16,18H2,1-4H3,(H2,26,29,30);1H. The lowest BCUT2D eigenvalue weighted by molar-refractivity contribution is 0.185. The van der Waals surface area contributed by atoms with Crippen molar-refractivity contribution in [2.75, 3.05) is 24.5 Å². The van der Waals surface area contributed by atoms with E-state index in [1.807, 2.05) is 30.5 Å². The molecule has 3 heterocycles. The lowest BCUT2D eigenvalue weighted by atomic mass is 10.1. The number of hydrogen-bond donors (Lipinski definition) is 2. The first kappa shape index (κ1) is 27.1. The van der Waals surface area contributed by atoms with E-state index in [9.17, 15) is 0 Å². The van der Waals surface area contributed by atoms with Crippen molar-refractivity contribution in [3.8, 4) is 5.88 Å². The van der Waals surface area contributed by atoms with E-state index >= 15 is 0 Å². The molecule has 2 N–H and O–H groups in total. The molecule has 0 spiro atoms. The number of piperidine rings is 1. The fourth-order valence-corrected chi connectivity index (χ4v) is 4.01. The second-order valence-electron chi connectivity index (χ2n) is 8.85. The number of nitrogens with one attached hydrogen (secondary N) is 2. The average molecular weight is 567 g/mol. The fraction of sp³-hybridized carbons (Fsp3) is 0.560. The molecule has 2 aromatic rings. The Hall–Kier alpha value is -2.10. The number of aromatic nitrogens is 2. The largest absolute Gasteiger partial charge is 0.475 e. The van der Waals surface area contributed by atoms with E-state index in [-0.39, 0.29) is 30.1 Å². The molecule has 0 aromatic carbocycles. The molecule has 0 saturated carbocycles. The summed E-state index contributed by atoms with van der Waals surface area (Å²) in [6.07, 6.45) is 6.94. The van der Waals surface area contributed by atoms with Gasteiger partial charge in [-0.1, -0.05) is 19.9 Å². The van der Waals surface area contributed by atoms with E-state index in [0.717, 1.165) is 56.2 Å². The quantitative estimate of drug-likeness (QED) is 0.262. The van der Waals surface area contributed by atoms with Gasteiger partial charge in [0.1, 0.15) is 5.82 Å². The second kappa shape index (κ2) is 14.2. The van der Waals surface area contributed by atoms with Gasteiger partial charge in [-0.25, -0.2) is 15.0 Å². The van der Waals surface area contributed by atoms with Gasteiger partial charge in [0.15, 0.2) is 5.96 Å². The van der Waals surface area contributed by atoms with Crippen molar-refractivity contribution in [1.29, 1.82) is 0 Å². The zero-order valence-corrected chi connectivity index (χ0v) is 22.7. The predicted octanol–water partition coefficient (Wildman–Crippen LogP) is 4.63. The molecule has 1 aliphatic rings. The molecule has 1 saturated heterocycles. The highest BCUT2D eigenvalue weighted by molar-refractivity contribution is 14.0. The Morgan fingerprint density at radius 2 is 1.94 bits per heavy atom. The number of guanidine groups is 1. The summed E-state index contributed by atoms with van der Waals surface area (Å²) in [6.45, 7) is 12.0. The molecule has 1 aliphatic heterocycles. The fourth-order valence-electron chi connectivity index (χ4n) is 4.01. The van der Waals surface area contributed by atoms with Crippen molar-refractivity contribution in [3.63, 3.8) is 0 Å². The molecule has 7 nitrogen and oxygen atoms in total. The molecular weight excluding hydrogens is 527 g/mol. The SMILES string of the molecule is CCNC(=NCc1ccnc(OC(C)CC(C)C)c1)NC1CCN(c2ccccn2)CC1.I. The minimum atomic E-state index is 0. The van der Waals surface area contributed by atoms with Crippen molar-refractivity contribution in [3.05, 3.63) is 48.3 Å². The molecule has 3 rings (SSSR count). The average Bonchev–Trinajstić information content (AvgIpc) is 2.78. The monoisotopic (exact) mass is 566 g/mol. The summed E-state index contributed by atoms with van der Waals surface area (Å²) in [5, 5.41) is 6.99. The Morgan fingerprint density at radius 1 is 1.15 bits per heavy atom.